The predicted octanol–water partition coefficient (Wildman–Crippen LogP) is -0.393. The highest BCUT2D eigenvalue weighted by atomic mass is 32.3. The number of likely N-dealkylation sites (tertiary alicyclic amines) is 1. The summed E-state index contributed by atoms with van der Waals surface area (Å²) in [5.74, 6) is -3.02. The normalized spacial score (nSPS) is 23.5. The Kier molecular flexibility index (Phi) is 3.51. The molecule has 0 spiro atoms. The molecular weight excluding hydrogens is 241 g/mol. The van der Waals surface area contributed by atoms with Gasteiger partial charge in [0.2, 0.25) is 5.91 Å². The van der Waals surface area contributed by atoms with Crippen molar-refractivity contribution >= 4 is 22.1 Å². The molecule has 2 atom stereocenters. The zero-order valence-electron chi connectivity index (χ0n) is 8.59. The van der Waals surface area contributed by atoms with Crippen molar-refractivity contribution in [3.8, 4) is 0 Å². The lowest BCUT2D eigenvalue weighted by molar-refractivity contribution is -0.147. The lowest BCUT2D eigenvalue weighted by atomic mass is 10.1. The van der Waals surface area contributed by atoms with Crippen molar-refractivity contribution in [1.29, 1.82) is 0 Å². The van der Waals surface area contributed by atoms with E-state index in [0.29, 0.717) is 0 Å². The zero-order chi connectivity index (χ0) is 12.5. The van der Waals surface area contributed by atoms with Gasteiger partial charge in [-0.15, -0.1) is 3.89 Å². The third-order valence-electron chi connectivity index (χ3n) is 2.50. The molecule has 1 unspecified atom stereocenters. The van der Waals surface area contributed by atoms with Crippen molar-refractivity contribution in [1.82, 2.24) is 4.90 Å². The molecule has 6 nitrogen and oxygen atoms in total. The molecule has 1 rings (SSSR count). The highest BCUT2D eigenvalue weighted by Gasteiger charge is 2.37. The summed E-state index contributed by atoms with van der Waals surface area (Å²) in [5.41, 5.74) is 0. The molecule has 0 saturated carbocycles. The third kappa shape index (κ3) is 3.16. The quantitative estimate of drug-likeness (QED) is 0.689. The van der Waals surface area contributed by atoms with Crippen LogP contribution in [0.25, 0.3) is 0 Å². The average molecular weight is 253 g/mol. The van der Waals surface area contributed by atoms with Gasteiger partial charge in [0, 0.05) is 18.9 Å². The number of carboxylic acids is 1. The lowest BCUT2D eigenvalue weighted by Gasteiger charge is -2.20. The van der Waals surface area contributed by atoms with Gasteiger partial charge in [0.15, 0.2) is 0 Å². The van der Waals surface area contributed by atoms with Crippen LogP contribution >= 0.6 is 0 Å². The Hall–Kier alpha value is -1.18. The van der Waals surface area contributed by atoms with Gasteiger partial charge in [0.05, 0.1) is 5.75 Å². The van der Waals surface area contributed by atoms with Crippen LogP contribution in [0.4, 0.5) is 3.89 Å². The van der Waals surface area contributed by atoms with Crippen LogP contribution in [0.15, 0.2) is 0 Å². The van der Waals surface area contributed by atoms with Gasteiger partial charge in [-0.2, -0.15) is 8.42 Å². The Morgan fingerprint density at radius 2 is 2.25 bits per heavy atom. The van der Waals surface area contributed by atoms with E-state index in [0.717, 1.165) is 4.90 Å². The number of carbonyl (C=O) groups excluding carboxylic acids is 1. The SMILES string of the molecule is C[C@@H](C(=O)O)N1CC(CS(=O)(=O)F)CC1=O. The molecule has 1 aliphatic heterocycles. The fourth-order valence-electron chi connectivity index (χ4n) is 1.71. The van der Waals surface area contributed by atoms with E-state index in [2.05, 4.69) is 0 Å². The maximum absolute atomic E-state index is 12.4. The van der Waals surface area contributed by atoms with Crippen molar-refractivity contribution in [2.45, 2.75) is 19.4 Å². The van der Waals surface area contributed by atoms with E-state index in [1.165, 1.54) is 6.92 Å². The smallest absolute Gasteiger partial charge is 0.326 e. The maximum Gasteiger partial charge on any atom is 0.326 e. The highest BCUT2D eigenvalue weighted by molar-refractivity contribution is 7.86. The number of aliphatic carboxylic acids is 1. The summed E-state index contributed by atoms with van der Waals surface area (Å²) in [6.45, 7) is 1.29. The van der Waals surface area contributed by atoms with Gasteiger partial charge < -0.3 is 10.0 Å². The minimum atomic E-state index is -4.63. The number of rotatable bonds is 4. The average Bonchev–Trinajstić information content (AvgIpc) is 2.41. The summed E-state index contributed by atoms with van der Waals surface area (Å²) in [7, 11) is -4.63. The molecule has 0 aromatic heterocycles. The van der Waals surface area contributed by atoms with Crippen molar-refractivity contribution in [2.24, 2.45) is 5.92 Å². The third-order valence-corrected chi connectivity index (χ3v) is 3.37. The Balaban J connectivity index is 2.68. The van der Waals surface area contributed by atoms with Crippen LogP contribution in [0.1, 0.15) is 13.3 Å². The van der Waals surface area contributed by atoms with Crippen LogP contribution < -0.4 is 0 Å². The van der Waals surface area contributed by atoms with Crippen LogP contribution in [0.2, 0.25) is 0 Å². The van der Waals surface area contributed by atoms with Crippen molar-refractivity contribution in [3.05, 3.63) is 0 Å². The van der Waals surface area contributed by atoms with E-state index >= 15 is 0 Å². The number of hydrogen-bond acceptors (Lipinski definition) is 4. The summed E-state index contributed by atoms with van der Waals surface area (Å²) >= 11 is 0. The number of nitrogens with zero attached hydrogens (tertiary/aromatic N) is 1. The Morgan fingerprint density at radius 1 is 1.69 bits per heavy atom. The second-order valence-corrected chi connectivity index (χ2v) is 5.25. The first kappa shape index (κ1) is 12.9. The molecule has 1 saturated heterocycles. The van der Waals surface area contributed by atoms with E-state index in [1.807, 2.05) is 0 Å². The molecule has 0 radical (unpaired) electrons. The lowest BCUT2D eigenvalue weighted by Crippen LogP contribution is -2.40. The Labute approximate surface area is 92.3 Å². The monoisotopic (exact) mass is 253 g/mol. The molecule has 0 aromatic rings. The van der Waals surface area contributed by atoms with Crippen LogP contribution in [0, 0.1) is 5.92 Å². The number of carboxylic acid groups (broad SMARTS) is 1. The molecule has 1 amide bonds. The van der Waals surface area contributed by atoms with E-state index in [4.69, 9.17) is 5.11 Å². The van der Waals surface area contributed by atoms with Gasteiger partial charge >= 0.3 is 16.2 Å². The van der Waals surface area contributed by atoms with Crippen LogP contribution in [0.3, 0.4) is 0 Å². The molecule has 1 N–H and O–H groups in total. The molecule has 0 aromatic carbocycles. The first-order chi connectivity index (χ1) is 7.20. The van der Waals surface area contributed by atoms with Crippen molar-refractivity contribution < 1.29 is 27.0 Å². The van der Waals surface area contributed by atoms with Crippen LogP contribution in [-0.2, 0) is 19.8 Å². The standard InChI is InChI=1S/C8H12FNO5S/c1-5(8(12)13)10-3-6(2-7(10)11)4-16(9,14)15/h5-6H,2-4H2,1H3,(H,12,13)/t5-,6?/m0/s1. The molecule has 0 aliphatic carbocycles. The zero-order valence-corrected chi connectivity index (χ0v) is 9.41. The second kappa shape index (κ2) is 4.36. The molecule has 16 heavy (non-hydrogen) atoms. The molecule has 8 heteroatoms. The first-order valence-corrected chi connectivity index (χ1v) is 6.20. The minimum absolute atomic E-state index is 0.0323. The van der Waals surface area contributed by atoms with Gasteiger partial charge in [-0.1, -0.05) is 0 Å². The number of carbonyl (C=O) groups is 2. The van der Waals surface area contributed by atoms with Crippen LogP contribution in [-0.4, -0.2) is 48.6 Å². The molecule has 0 bridgehead atoms. The molecule has 1 fully saturated rings. The summed E-state index contributed by atoms with van der Waals surface area (Å²) in [5, 5.41) is 8.69. The van der Waals surface area contributed by atoms with E-state index in [-0.39, 0.29) is 13.0 Å². The number of halogens is 1. The summed E-state index contributed by atoms with van der Waals surface area (Å²) in [4.78, 5) is 23.1. The maximum atomic E-state index is 12.4. The van der Waals surface area contributed by atoms with Gasteiger partial charge in [-0.05, 0) is 6.92 Å². The number of amides is 1. The van der Waals surface area contributed by atoms with Gasteiger partial charge in [-0.3, -0.25) is 4.79 Å². The van der Waals surface area contributed by atoms with Crippen molar-refractivity contribution in [3.63, 3.8) is 0 Å². The van der Waals surface area contributed by atoms with Gasteiger partial charge in [0.25, 0.3) is 0 Å². The van der Waals surface area contributed by atoms with E-state index in [1.54, 1.807) is 0 Å². The highest BCUT2D eigenvalue weighted by Crippen LogP contribution is 2.22. The van der Waals surface area contributed by atoms with E-state index < -0.39 is 39.8 Å². The Morgan fingerprint density at radius 3 is 2.69 bits per heavy atom. The summed E-state index contributed by atoms with van der Waals surface area (Å²) in [6.07, 6.45) is -0.124. The fourth-order valence-corrected chi connectivity index (χ4v) is 2.50. The summed E-state index contributed by atoms with van der Waals surface area (Å²) in [6, 6.07) is -1.01. The molecule has 92 valence electrons. The topological polar surface area (TPSA) is 91.8 Å². The molecular formula is C8H12FNO5S. The van der Waals surface area contributed by atoms with E-state index in [9.17, 15) is 21.9 Å². The predicted molar refractivity (Wildman–Crippen MR) is 51.8 cm³/mol. The second-order valence-electron chi connectivity index (χ2n) is 3.84. The van der Waals surface area contributed by atoms with Crippen LogP contribution in [0.5, 0.6) is 0 Å². The molecule has 1 heterocycles. The van der Waals surface area contributed by atoms with Crippen molar-refractivity contribution in [2.75, 3.05) is 12.3 Å². The first-order valence-electron chi connectivity index (χ1n) is 4.65. The Bertz CT molecular complexity index is 407. The number of hydrogen-bond donors (Lipinski definition) is 1. The van der Waals surface area contributed by atoms with Gasteiger partial charge in [-0.25, -0.2) is 4.79 Å². The molecule has 1 aliphatic rings. The fraction of sp³-hybridized carbons (Fsp3) is 0.750. The minimum Gasteiger partial charge on any atom is -0.480 e. The summed E-state index contributed by atoms with van der Waals surface area (Å²) < 4.78 is 33.2. The largest absolute Gasteiger partial charge is 0.480 e. The van der Waals surface area contributed by atoms with Gasteiger partial charge in [0.1, 0.15) is 6.04 Å².